The van der Waals surface area contributed by atoms with Gasteiger partial charge in [-0.3, -0.25) is 9.69 Å². The first kappa shape index (κ1) is 18.8. The van der Waals surface area contributed by atoms with Crippen LogP contribution >= 0.6 is 0 Å². The van der Waals surface area contributed by atoms with Crippen molar-refractivity contribution in [1.82, 2.24) is 19.7 Å². The van der Waals surface area contributed by atoms with Gasteiger partial charge in [-0.25, -0.2) is 9.67 Å². The van der Waals surface area contributed by atoms with E-state index in [1.807, 2.05) is 12.3 Å². The molecule has 1 unspecified atom stereocenters. The van der Waals surface area contributed by atoms with Crippen molar-refractivity contribution < 1.29 is 4.42 Å². The molecule has 1 fully saturated rings. The molecule has 3 rings (SSSR count). The maximum atomic E-state index is 12.3. The Morgan fingerprint density at radius 3 is 2.73 bits per heavy atom. The van der Waals surface area contributed by atoms with Gasteiger partial charge < -0.3 is 4.42 Å². The van der Waals surface area contributed by atoms with Crippen LogP contribution in [0, 0.1) is 0 Å². The quantitative estimate of drug-likeness (QED) is 0.820. The first-order chi connectivity index (χ1) is 12.2. The Morgan fingerprint density at radius 2 is 2.08 bits per heavy atom. The standard InChI is InChI=1S/C20H30N4O2/c1-14(2)16-11-21-18(26-16)13-23-10-6-7-15(23)12-24-19(25)9-8-17(22-24)20(3,4)5/h8-9,11,14-15H,6-7,10,12-13H2,1-5H3. The van der Waals surface area contributed by atoms with Crippen LogP contribution in [-0.4, -0.2) is 32.3 Å². The zero-order chi connectivity index (χ0) is 18.9. The number of oxazole rings is 1. The van der Waals surface area contributed by atoms with Crippen molar-refractivity contribution >= 4 is 0 Å². The molecule has 0 saturated carbocycles. The van der Waals surface area contributed by atoms with E-state index in [4.69, 9.17) is 4.42 Å². The molecule has 1 aliphatic rings. The number of hydrogen-bond donors (Lipinski definition) is 0. The molecule has 0 amide bonds. The zero-order valence-corrected chi connectivity index (χ0v) is 16.5. The molecule has 26 heavy (non-hydrogen) atoms. The summed E-state index contributed by atoms with van der Waals surface area (Å²) in [6.07, 6.45) is 4.01. The Morgan fingerprint density at radius 1 is 1.31 bits per heavy atom. The van der Waals surface area contributed by atoms with Gasteiger partial charge in [0.05, 0.1) is 25.0 Å². The first-order valence-corrected chi connectivity index (χ1v) is 9.51. The highest BCUT2D eigenvalue weighted by molar-refractivity contribution is 5.10. The Labute approximate surface area is 155 Å². The third-order valence-corrected chi connectivity index (χ3v) is 5.00. The Hall–Kier alpha value is -1.95. The predicted octanol–water partition coefficient (Wildman–Crippen LogP) is 3.32. The van der Waals surface area contributed by atoms with Crippen LogP contribution in [0.3, 0.4) is 0 Å². The molecule has 1 atom stereocenters. The van der Waals surface area contributed by atoms with Crippen LogP contribution in [0.15, 0.2) is 27.5 Å². The van der Waals surface area contributed by atoms with E-state index >= 15 is 0 Å². The van der Waals surface area contributed by atoms with E-state index in [1.54, 1.807) is 10.7 Å². The Balaban J connectivity index is 1.73. The molecule has 3 heterocycles. The fourth-order valence-corrected chi connectivity index (χ4v) is 3.33. The van der Waals surface area contributed by atoms with Gasteiger partial charge in [0, 0.05) is 23.4 Å². The van der Waals surface area contributed by atoms with Crippen molar-refractivity contribution in [3.63, 3.8) is 0 Å². The van der Waals surface area contributed by atoms with E-state index < -0.39 is 0 Å². The molecule has 2 aromatic heterocycles. The van der Waals surface area contributed by atoms with Gasteiger partial charge in [0.25, 0.3) is 5.56 Å². The van der Waals surface area contributed by atoms with Gasteiger partial charge in [0.1, 0.15) is 5.76 Å². The summed E-state index contributed by atoms with van der Waals surface area (Å²) in [6.45, 7) is 12.8. The smallest absolute Gasteiger partial charge is 0.266 e. The fourth-order valence-electron chi connectivity index (χ4n) is 3.33. The van der Waals surface area contributed by atoms with Gasteiger partial charge in [-0.2, -0.15) is 5.10 Å². The average Bonchev–Trinajstić information content (AvgIpc) is 3.19. The topological polar surface area (TPSA) is 64.2 Å². The molecule has 2 aromatic rings. The van der Waals surface area contributed by atoms with Crippen LogP contribution in [0.5, 0.6) is 0 Å². The summed E-state index contributed by atoms with van der Waals surface area (Å²) in [7, 11) is 0. The maximum Gasteiger partial charge on any atom is 0.266 e. The van der Waals surface area contributed by atoms with Crippen LogP contribution in [0.4, 0.5) is 0 Å². The van der Waals surface area contributed by atoms with Gasteiger partial charge in [0.2, 0.25) is 5.89 Å². The molecule has 142 valence electrons. The molecular weight excluding hydrogens is 328 g/mol. The van der Waals surface area contributed by atoms with Crippen molar-refractivity contribution in [2.75, 3.05) is 6.54 Å². The van der Waals surface area contributed by atoms with Crippen molar-refractivity contribution in [2.24, 2.45) is 0 Å². The summed E-state index contributed by atoms with van der Waals surface area (Å²) in [6, 6.07) is 3.76. The van der Waals surface area contributed by atoms with Gasteiger partial charge in [0.15, 0.2) is 0 Å². The minimum Gasteiger partial charge on any atom is -0.444 e. The van der Waals surface area contributed by atoms with Gasteiger partial charge in [-0.05, 0) is 25.5 Å². The van der Waals surface area contributed by atoms with Crippen LogP contribution in [-0.2, 0) is 18.5 Å². The molecule has 6 nitrogen and oxygen atoms in total. The third-order valence-electron chi connectivity index (χ3n) is 5.00. The van der Waals surface area contributed by atoms with Gasteiger partial charge >= 0.3 is 0 Å². The molecule has 0 radical (unpaired) electrons. The lowest BCUT2D eigenvalue weighted by molar-refractivity contribution is 0.195. The summed E-state index contributed by atoms with van der Waals surface area (Å²) in [5.74, 6) is 2.02. The van der Waals surface area contributed by atoms with Crippen LogP contribution in [0.1, 0.15) is 70.7 Å². The van der Waals surface area contributed by atoms with Crippen molar-refractivity contribution in [2.45, 2.75) is 77.9 Å². The van der Waals surface area contributed by atoms with E-state index in [0.717, 1.165) is 36.7 Å². The van der Waals surface area contributed by atoms with E-state index in [0.29, 0.717) is 19.0 Å². The van der Waals surface area contributed by atoms with Gasteiger partial charge in [-0.1, -0.05) is 34.6 Å². The lowest BCUT2D eigenvalue weighted by atomic mass is 9.92. The van der Waals surface area contributed by atoms with Crippen molar-refractivity contribution in [3.8, 4) is 0 Å². The third kappa shape index (κ3) is 4.23. The minimum absolute atomic E-state index is 0.0388. The van der Waals surface area contributed by atoms with E-state index in [-0.39, 0.29) is 17.0 Å². The lowest BCUT2D eigenvalue weighted by Crippen LogP contribution is -2.37. The number of aromatic nitrogens is 3. The van der Waals surface area contributed by atoms with Crippen LogP contribution in [0.25, 0.3) is 0 Å². The molecule has 6 heteroatoms. The summed E-state index contributed by atoms with van der Waals surface area (Å²) >= 11 is 0. The molecule has 1 aliphatic heterocycles. The summed E-state index contributed by atoms with van der Waals surface area (Å²) < 4.78 is 7.48. The molecule has 0 aromatic carbocycles. The number of rotatable bonds is 5. The van der Waals surface area contributed by atoms with Crippen molar-refractivity contribution in [3.05, 3.63) is 46.0 Å². The Bertz CT molecular complexity index is 801. The number of nitrogens with zero attached hydrogens (tertiary/aromatic N) is 4. The second kappa shape index (κ2) is 7.35. The summed E-state index contributed by atoms with van der Waals surface area (Å²) in [5.41, 5.74) is 0.829. The van der Waals surface area contributed by atoms with E-state index in [2.05, 4.69) is 49.6 Å². The molecule has 0 aliphatic carbocycles. The monoisotopic (exact) mass is 358 g/mol. The van der Waals surface area contributed by atoms with Crippen molar-refractivity contribution in [1.29, 1.82) is 0 Å². The number of likely N-dealkylation sites (tertiary alicyclic amines) is 1. The summed E-state index contributed by atoms with van der Waals surface area (Å²) in [4.78, 5) is 19.0. The highest BCUT2D eigenvalue weighted by Crippen LogP contribution is 2.23. The maximum absolute atomic E-state index is 12.3. The summed E-state index contributed by atoms with van der Waals surface area (Å²) in [5, 5.41) is 4.61. The van der Waals surface area contributed by atoms with Crippen LogP contribution < -0.4 is 5.56 Å². The zero-order valence-electron chi connectivity index (χ0n) is 16.5. The molecular formula is C20H30N4O2. The lowest BCUT2D eigenvalue weighted by Gasteiger charge is -2.24. The highest BCUT2D eigenvalue weighted by Gasteiger charge is 2.27. The minimum atomic E-state index is -0.0733. The highest BCUT2D eigenvalue weighted by atomic mass is 16.4. The van der Waals surface area contributed by atoms with Gasteiger partial charge in [-0.15, -0.1) is 0 Å². The van der Waals surface area contributed by atoms with E-state index in [9.17, 15) is 4.79 Å². The SMILES string of the molecule is CC(C)c1cnc(CN2CCCC2Cn2nc(C(C)(C)C)ccc2=O)o1. The largest absolute Gasteiger partial charge is 0.444 e. The average molecular weight is 358 g/mol. The Kier molecular flexibility index (Phi) is 5.32. The predicted molar refractivity (Wildman–Crippen MR) is 101 cm³/mol. The second-order valence-electron chi connectivity index (χ2n) is 8.57. The molecule has 0 N–H and O–H groups in total. The number of hydrogen-bond acceptors (Lipinski definition) is 5. The molecule has 0 spiro atoms. The fraction of sp³-hybridized carbons (Fsp3) is 0.650. The molecule has 1 saturated heterocycles. The van der Waals surface area contributed by atoms with Crippen LogP contribution in [0.2, 0.25) is 0 Å². The van der Waals surface area contributed by atoms with E-state index in [1.165, 1.54) is 0 Å². The first-order valence-electron chi connectivity index (χ1n) is 9.51. The molecule has 0 bridgehead atoms. The normalized spacial score (nSPS) is 18.8. The second-order valence-corrected chi connectivity index (χ2v) is 8.57.